The summed E-state index contributed by atoms with van der Waals surface area (Å²) in [5, 5.41) is 0. The van der Waals surface area contributed by atoms with Crippen LogP contribution in [0.15, 0.2) is 53.9 Å². The van der Waals surface area contributed by atoms with E-state index in [1.807, 2.05) is 29.6 Å². The molecule has 1 aliphatic carbocycles. The van der Waals surface area contributed by atoms with Gasteiger partial charge in [-0.25, -0.2) is 9.97 Å². The first kappa shape index (κ1) is 13.9. The van der Waals surface area contributed by atoms with E-state index in [0.29, 0.717) is 5.95 Å². The monoisotopic (exact) mass is 341 g/mol. The first-order chi connectivity index (χ1) is 11.3. The standard InChI is InChI=1S/C17H15N3OS2/c21-13-5-6-14-17(22-9-10-23-17)12-4-1-3-11(12)15(13)20(14)16-18-7-2-8-19-16/h1-2,4-8,14-15H,3,9-10H2/t14-,15-/m1/s1. The zero-order valence-electron chi connectivity index (χ0n) is 12.4. The van der Waals surface area contributed by atoms with Crippen molar-refractivity contribution in [2.45, 2.75) is 22.6 Å². The van der Waals surface area contributed by atoms with Gasteiger partial charge in [-0.05, 0) is 29.7 Å². The van der Waals surface area contributed by atoms with Crippen LogP contribution < -0.4 is 4.90 Å². The maximum Gasteiger partial charge on any atom is 0.226 e. The fourth-order valence-corrected chi connectivity index (χ4v) is 7.56. The summed E-state index contributed by atoms with van der Waals surface area (Å²) in [6.45, 7) is 0. The molecule has 2 bridgehead atoms. The topological polar surface area (TPSA) is 46.1 Å². The number of thioether (sulfide) groups is 2. The highest BCUT2D eigenvalue weighted by Gasteiger charge is 2.57. The molecule has 0 N–H and O–H groups in total. The van der Waals surface area contributed by atoms with E-state index < -0.39 is 0 Å². The van der Waals surface area contributed by atoms with Gasteiger partial charge >= 0.3 is 0 Å². The van der Waals surface area contributed by atoms with Crippen molar-refractivity contribution in [2.24, 2.45) is 0 Å². The van der Waals surface area contributed by atoms with E-state index in [4.69, 9.17) is 0 Å². The van der Waals surface area contributed by atoms with Crippen LogP contribution in [0, 0.1) is 0 Å². The maximum absolute atomic E-state index is 12.7. The molecular weight excluding hydrogens is 326 g/mol. The van der Waals surface area contributed by atoms with Crippen LogP contribution in [-0.4, -0.2) is 43.4 Å². The van der Waals surface area contributed by atoms with Gasteiger partial charge in [0.25, 0.3) is 0 Å². The van der Waals surface area contributed by atoms with Gasteiger partial charge in [0.1, 0.15) is 10.1 Å². The normalized spacial score (nSPS) is 30.4. The van der Waals surface area contributed by atoms with Crippen LogP contribution in [0.4, 0.5) is 5.95 Å². The van der Waals surface area contributed by atoms with Crippen molar-refractivity contribution < 1.29 is 4.79 Å². The van der Waals surface area contributed by atoms with Crippen molar-refractivity contribution in [2.75, 3.05) is 16.4 Å². The number of hydrogen-bond donors (Lipinski definition) is 0. The Morgan fingerprint density at radius 3 is 2.74 bits per heavy atom. The Hall–Kier alpha value is -1.53. The number of fused-ring (bicyclic) bond motifs is 5. The fraction of sp³-hybridized carbons (Fsp3) is 0.353. The number of ketones is 1. The quantitative estimate of drug-likeness (QED) is 0.782. The third kappa shape index (κ3) is 1.79. The Kier molecular flexibility index (Phi) is 3.00. The van der Waals surface area contributed by atoms with Gasteiger partial charge in [-0.15, -0.1) is 23.5 Å². The molecule has 1 aromatic rings. The Labute approximate surface area is 143 Å². The van der Waals surface area contributed by atoms with E-state index in [2.05, 4.69) is 33.1 Å². The Morgan fingerprint density at radius 2 is 1.96 bits per heavy atom. The third-order valence-electron chi connectivity index (χ3n) is 4.85. The van der Waals surface area contributed by atoms with E-state index in [-0.39, 0.29) is 21.9 Å². The molecule has 1 fully saturated rings. The highest BCUT2D eigenvalue weighted by molar-refractivity contribution is 8.21. The van der Waals surface area contributed by atoms with Crippen LogP contribution in [-0.2, 0) is 4.79 Å². The van der Waals surface area contributed by atoms with Crippen molar-refractivity contribution >= 4 is 35.3 Å². The molecule has 4 heterocycles. The minimum Gasteiger partial charge on any atom is -0.318 e. The highest BCUT2D eigenvalue weighted by Crippen LogP contribution is 2.59. The van der Waals surface area contributed by atoms with E-state index in [9.17, 15) is 4.79 Å². The second kappa shape index (κ2) is 4.98. The predicted molar refractivity (Wildman–Crippen MR) is 94.7 cm³/mol. The van der Waals surface area contributed by atoms with Gasteiger partial charge in [-0.1, -0.05) is 18.2 Å². The lowest BCUT2D eigenvalue weighted by molar-refractivity contribution is -0.115. The predicted octanol–water partition coefficient (Wildman–Crippen LogP) is 2.61. The number of hydrogen-bond acceptors (Lipinski definition) is 6. The Bertz CT molecular complexity index is 765. The van der Waals surface area contributed by atoms with Crippen molar-refractivity contribution in [3.05, 3.63) is 53.9 Å². The molecule has 0 amide bonds. The van der Waals surface area contributed by atoms with Crippen LogP contribution in [0.25, 0.3) is 0 Å². The summed E-state index contributed by atoms with van der Waals surface area (Å²) in [7, 11) is 0. The average molecular weight is 341 g/mol. The number of nitrogens with zero attached hydrogens (tertiary/aromatic N) is 3. The van der Waals surface area contributed by atoms with Crippen LogP contribution in [0.3, 0.4) is 0 Å². The summed E-state index contributed by atoms with van der Waals surface area (Å²) in [5.41, 5.74) is 2.61. The minimum atomic E-state index is -0.246. The van der Waals surface area contributed by atoms with Gasteiger partial charge in [0.15, 0.2) is 5.78 Å². The van der Waals surface area contributed by atoms with E-state index in [0.717, 1.165) is 17.9 Å². The van der Waals surface area contributed by atoms with Crippen LogP contribution in [0.5, 0.6) is 0 Å². The summed E-state index contributed by atoms with van der Waals surface area (Å²) in [5.74, 6) is 3.09. The molecule has 5 rings (SSSR count). The van der Waals surface area contributed by atoms with E-state index in [1.165, 1.54) is 11.1 Å². The summed E-state index contributed by atoms with van der Waals surface area (Å²) >= 11 is 4.01. The van der Waals surface area contributed by atoms with Crippen molar-refractivity contribution in [3.8, 4) is 0 Å². The van der Waals surface area contributed by atoms with Crippen LogP contribution in [0.2, 0.25) is 0 Å². The Balaban J connectivity index is 1.75. The maximum atomic E-state index is 12.7. The molecule has 3 aliphatic heterocycles. The lowest BCUT2D eigenvalue weighted by Gasteiger charge is -2.51. The zero-order chi connectivity index (χ0) is 15.4. The SMILES string of the molecule is O=C1C=C[C@H]2N(c3ncccn3)[C@@H]1C1=C(C=CC1)C21SCCS1. The van der Waals surface area contributed by atoms with Gasteiger partial charge in [0, 0.05) is 23.9 Å². The molecule has 6 heteroatoms. The number of carbonyl (C=O) groups is 1. The third-order valence-corrected chi connectivity index (χ3v) is 8.42. The smallest absolute Gasteiger partial charge is 0.226 e. The van der Waals surface area contributed by atoms with E-state index in [1.54, 1.807) is 18.5 Å². The molecule has 1 saturated heterocycles. The fourth-order valence-electron chi connectivity index (χ4n) is 4.01. The molecule has 0 radical (unpaired) electrons. The van der Waals surface area contributed by atoms with Crippen LogP contribution in [0.1, 0.15) is 6.42 Å². The number of rotatable bonds is 1. The van der Waals surface area contributed by atoms with Crippen LogP contribution >= 0.6 is 23.5 Å². The zero-order valence-corrected chi connectivity index (χ0v) is 14.0. The molecule has 0 aromatic carbocycles. The second-order valence-corrected chi connectivity index (χ2v) is 8.91. The van der Waals surface area contributed by atoms with E-state index >= 15 is 0 Å². The summed E-state index contributed by atoms with van der Waals surface area (Å²) in [6.07, 6.45) is 12.7. The summed E-state index contributed by atoms with van der Waals surface area (Å²) in [6, 6.07) is 1.69. The number of aromatic nitrogens is 2. The highest BCUT2D eigenvalue weighted by atomic mass is 32.2. The molecule has 23 heavy (non-hydrogen) atoms. The molecule has 2 atom stereocenters. The van der Waals surface area contributed by atoms with Gasteiger partial charge in [-0.3, -0.25) is 4.79 Å². The molecule has 4 aliphatic rings. The largest absolute Gasteiger partial charge is 0.318 e. The van der Waals surface area contributed by atoms with Gasteiger partial charge in [-0.2, -0.15) is 0 Å². The first-order valence-electron chi connectivity index (χ1n) is 7.77. The lowest BCUT2D eigenvalue weighted by Crippen LogP contribution is -2.61. The average Bonchev–Trinajstić information content (AvgIpc) is 3.24. The van der Waals surface area contributed by atoms with Gasteiger partial charge < -0.3 is 4.90 Å². The molecule has 116 valence electrons. The second-order valence-electron chi connectivity index (χ2n) is 5.97. The number of carbonyl (C=O) groups excluding carboxylic acids is 1. The van der Waals surface area contributed by atoms with Crippen molar-refractivity contribution in [1.82, 2.24) is 9.97 Å². The molecular formula is C17H15N3OS2. The molecule has 4 nitrogen and oxygen atoms in total. The Morgan fingerprint density at radius 1 is 1.17 bits per heavy atom. The van der Waals surface area contributed by atoms with Gasteiger partial charge in [0.05, 0.1) is 6.04 Å². The minimum absolute atomic E-state index is 0.0325. The molecule has 0 saturated carbocycles. The first-order valence-corrected chi connectivity index (χ1v) is 9.74. The van der Waals surface area contributed by atoms with Gasteiger partial charge in [0.2, 0.25) is 5.95 Å². The lowest BCUT2D eigenvalue weighted by atomic mass is 9.83. The van der Waals surface area contributed by atoms with Crippen molar-refractivity contribution in [3.63, 3.8) is 0 Å². The summed E-state index contributed by atoms with van der Waals surface area (Å²) < 4.78 is -0.0325. The van der Waals surface area contributed by atoms with Crippen molar-refractivity contribution in [1.29, 1.82) is 0 Å². The number of anilines is 1. The molecule has 0 unspecified atom stereocenters. The number of allylic oxidation sites excluding steroid dienone is 2. The molecule has 1 aromatic heterocycles. The molecule has 1 spiro atoms. The summed E-state index contributed by atoms with van der Waals surface area (Å²) in [4.78, 5) is 23.7.